The largest absolute Gasteiger partial charge is 0.461 e. The van der Waals surface area contributed by atoms with E-state index in [0.717, 1.165) is 5.56 Å². The molecule has 9 heteroatoms. The highest BCUT2D eigenvalue weighted by atomic mass is 32.2. The van der Waals surface area contributed by atoms with E-state index in [2.05, 4.69) is 4.98 Å². The molecular weight excluding hydrogens is 428 g/mol. The van der Waals surface area contributed by atoms with Gasteiger partial charge in [-0.05, 0) is 31.0 Å². The number of hydrogen-bond acceptors (Lipinski definition) is 7. The molecule has 4 rings (SSSR count). The number of aromatic nitrogens is 2. The molecule has 1 saturated heterocycles. The zero-order valence-corrected chi connectivity index (χ0v) is 18.8. The number of esters is 1. The lowest BCUT2D eigenvalue weighted by Crippen LogP contribution is -2.36. The Hall–Kier alpha value is -3.04. The van der Waals surface area contributed by atoms with E-state index >= 15 is 0 Å². The molecule has 1 aliphatic heterocycles. The molecule has 0 bridgehead atoms. The van der Waals surface area contributed by atoms with E-state index in [0.29, 0.717) is 49.5 Å². The molecule has 0 N–H and O–H groups in total. The molecule has 32 heavy (non-hydrogen) atoms. The van der Waals surface area contributed by atoms with Crippen molar-refractivity contribution in [2.45, 2.75) is 19.1 Å². The second kappa shape index (κ2) is 9.62. The predicted molar refractivity (Wildman–Crippen MR) is 123 cm³/mol. The number of carbonyl (C=O) groups excluding carboxylic acids is 1. The van der Waals surface area contributed by atoms with Crippen LogP contribution in [-0.2, 0) is 20.5 Å². The van der Waals surface area contributed by atoms with E-state index in [1.807, 2.05) is 53.4 Å². The van der Waals surface area contributed by atoms with Crippen LogP contribution in [0.25, 0.3) is 11.0 Å². The molecular formula is C23H26N4O4S. The minimum absolute atomic E-state index is 0.0301. The van der Waals surface area contributed by atoms with E-state index in [1.165, 1.54) is 4.31 Å². The van der Waals surface area contributed by atoms with E-state index in [4.69, 9.17) is 9.72 Å². The maximum atomic E-state index is 13.0. The van der Waals surface area contributed by atoms with Crippen molar-refractivity contribution >= 4 is 32.8 Å². The van der Waals surface area contributed by atoms with Gasteiger partial charge in [0, 0.05) is 26.2 Å². The molecule has 2 heterocycles. The van der Waals surface area contributed by atoms with Crippen molar-refractivity contribution in [1.82, 2.24) is 14.3 Å². The number of hydrogen-bond donors (Lipinski definition) is 0. The molecule has 168 valence electrons. The zero-order valence-electron chi connectivity index (χ0n) is 18.0. The number of fused-ring (bicyclic) bond motifs is 1. The highest BCUT2D eigenvalue weighted by Crippen LogP contribution is 2.24. The first-order valence-corrected chi connectivity index (χ1v) is 12.3. The van der Waals surface area contributed by atoms with Gasteiger partial charge < -0.3 is 9.64 Å². The van der Waals surface area contributed by atoms with Crippen LogP contribution in [0.1, 0.15) is 29.4 Å². The normalized spacial score (nSPS) is 15.5. The van der Waals surface area contributed by atoms with E-state index in [-0.39, 0.29) is 18.1 Å². The molecule has 0 saturated carbocycles. The average Bonchev–Trinajstić information content (AvgIpc) is 3.06. The summed E-state index contributed by atoms with van der Waals surface area (Å²) in [4.78, 5) is 23.7. The molecule has 0 radical (unpaired) electrons. The van der Waals surface area contributed by atoms with Crippen molar-refractivity contribution in [2.24, 2.45) is 0 Å². The molecule has 1 fully saturated rings. The Morgan fingerprint density at radius 3 is 2.34 bits per heavy atom. The molecule has 0 spiro atoms. The van der Waals surface area contributed by atoms with E-state index in [1.54, 1.807) is 13.0 Å². The van der Waals surface area contributed by atoms with Gasteiger partial charge in [0.2, 0.25) is 10.0 Å². The maximum Gasteiger partial charge on any atom is 0.360 e. The van der Waals surface area contributed by atoms with Gasteiger partial charge in [-0.1, -0.05) is 42.5 Å². The monoisotopic (exact) mass is 454 g/mol. The van der Waals surface area contributed by atoms with Crippen LogP contribution < -0.4 is 4.90 Å². The average molecular weight is 455 g/mol. The van der Waals surface area contributed by atoms with Gasteiger partial charge in [-0.2, -0.15) is 4.31 Å². The smallest absolute Gasteiger partial charge is 0.360 e. The van der Waals surface area contributed by atoms with Crippen molar-refractivity contribution in [3.63, 3.8) is 0 Å². The van der Waals surface area contributed by atoms with Crippen molar-refractivity contribution in [1.29, 1.82) is 0 Å². The number of benzene rings is 2. The first-order valence-electron chi connectivity index (χ1n) is 10.7. The van der Waals surface area contributed by atoms with Gasteiger partial charge in [0.05, 0.1) is 23.4 Å². The fourth-order valence-electron chi connectivity index (χ4n) is 3.81. The van der Waals surface area contributed by atoms with Gasteiger partial charge >= 0.3 is 5.97 Å². The maximum absolute atomic E-state index is 13.0. The summed E-state index contributed by atoms with van der Waals surface area (Å²) in [5.41, 5.74) is 2.21. The summed E-state index contributed by atoms with van der Waals surface area (Å²) in [5, 5.41) is 0. The van der Waals surface area contributed by atoms with Gasteiger partial charge in [0.1, 0.15) is 0 Å². The first-order chi connectivity index (χ1) is 15.5. The second-order valence-electron chi connectivity index (χ2n) is 7.59. The Labute approximate surface area is 187 Å². The Morgan fingerprint density at radius 2 is 1.62 bits per heavy atom. The molecule has 1 aromatic heterocycles. The highest BCUT2D eigenvalue weighted by molar-refractivity contribution is 7.88. The third-order valence-electron chi connectivity index (χ3n) is 5.36. The van der Waals surface area contributed by atoms with E-state index in [9.17, 15) is 13.2 Å². The SMILES string of the molecule is CCOC(=O)c1nc2ccccc2nc1N1CCCN(S(=O)(=O)Cc2ccccc2)CC1. The predicted octanol–water partition coefficient (Wildman–Crippen LogP) is 2.85. The summed E-state index contributed by atoms with van der Waals surface area (Å²) >= 11 is 0. The number of carbonyl (C=O) groups is 1. The standard InChI is InChI=1S/C23H26N4O4S/c1-2-31-23(28)21-22(25-20-12-7-6-11-19(20)24-21)26-13-8-14-27(16-15-26)32(29,30)17-18-9-4-3-5-10-18/h3-7,9-12H,2,8,13-17H2,1H3. The second-order valence-corrected chi connectivity index (χ2v) is 9.56. The first kappa shape index (κ1) is 22.2. The van der Waals surface area contributed by atoms with Crippen LogP contribution in [0.4, 0.5) is 5.82 Å². The Morgan fingerprint density at radius 1 is 0.938 bits per heavy atom. The zero-order chi connectivity index (χ0) is 22.6. The number of para-hydroxylation sites is 2. The number of rotatable bonds is 6. The number of ether oxygens (including phenoxy) is 1. The van der Waals surface area contributed by atoms with E-state index < -0.39 is 16.0 Å². The Bertz CT molecular complexity index is 1200. The lowest BCUT2D eigenvalue weighted by molar-refractivity contribution is 0.0520. The lowest BCUT2D eigenvalue weighted by Gasteiger charge is -2.24. The Kier molecular flexibility index (Phi) is 6.66. The van der Waals surface area contributed by atoms with Crippen LogP contribution in [0.3, 0.4) is 0 Å². The van der Waals surface area contributed by atoms with Crippen LogP contribution >= 0.6 is 0 Å². The van der Waals surface area contributed by atoms with Crippen LogP contribution in [0, 0.1) is 0 Å². The Balaban J connectivity index is 1.59. The van der Waals surface area contributed by atoms with Gasteiger partial charge in [0.15, 0.2) is 11.5 Å². The van der Waals surface area contributed by atoms with Crippen LogP contribution in [-0.4, -0.2) is 61.4 Å². The summed E-state index contributed by atoms with van der Waals surface area (Å²) in [6, 6.07) is 16.5. The van der Waals surface area contributed by atoms with Crippen molar-refractivity contribution in [3.05, 3.63) is 65.9 Å². The summed E-state index contributed by atoms with van der Waals surface area (Å²) in [5.74, 6) is -0.124. The van der Waals surface area contributed by atoms with Crippen LogP contribution in [0.15, 0.2) is 54.6 Å². The molecule has 0 amide bonds. The summed E-state index contributed by atoms with van der Waals surface area (Å²) in [7, 11) is -3.46. The van der Waals surface area contributed by atoms with Crippen LogP contribution in [0.2, 0.25) is 0 Å². The summed E-state index contributed by atoms with van der Waals surface area (Å²) in [6.07, 6.45) is 0.616. The minimum atomic E-state index is -3.46. The molecule has 1 aliphatic rings. The van der Waals surface area contributed by atoms with Gasteiger partial charge in [-0.15, -0.1) is 0 Å². The number of anilines is 1. The highest BCUT2D eigenvalue weighted by Gasteiger charge is 2.28. The minimum Gasteiger partial charge on any atom is -0.461 e. The van der Waals surface area contributed by atoms with Gasteiger partial charge in [-0.25, -0.2) is 23.2 Å². The molecule has 8 nitrogen and oxygen atoms in total. The van der Waals surface area contributed by atoms with Gasteiger partial charge in [-0.3, -0.25) is 0 Å². The summed E-state index contributed by atoms with van der Waals surface area (Å²) in [6.45, 7) is 3.68. The molecule has 0 unspecified atom stereocenters. The summed E-state index contributed by atoms with van der Waals surface area (Å²) < 4.78 is 32.7. The molecule has 2 aromatic carbocycles. The topological polar surface area (TPSA) is 92.7 Å². The van der Waals surface area contributed by atoms with Crippen molar-refractivity contribution < 1.29 is 17.9 Å². The van der Waals surface area contributed by atoms with Crippen molar-refractivity contribution in [2.75, 3.05) is 37.7 Å². The molecule has 3 aromatic rings. The van der Waals surface area contributed by atoms with Crippen LogP contribution in [0.5, 0.6) is 0 Å². The van der Waals surface area contributed by atoms with Gasteiger partial charge in [0.25, 0.3) is 0 Å². The lowest BCUT2D eigenvalue weighted by atomic mass is 10.2. The number of sulfonamides is 1. The molecule has 0 aliphatic carbocycles. The fourth-order valence-corrected chi connectivity index (χ4v) is 5.37. The third-order valence-corrected chi connectivity index (χ3v) is 7.21. The quantitative estimate of drug-likeness (QED) is 0.529. The molecule has 0 atom stereocenters. The number of nitrogens with zero attached hydrogens (tertiary/aromatic N) is 4. The van der Waals surface area contributed by atoms with Crippen molar-refractivity contribution in [3.8, 4) is 0 Å². The third kappa shape index (κ3) is 4.89. The fraction of sp³-hybridized carbons (Fsp3) is 0.348.